The molecular formula is C16H27N. The summed E-state index contributed by atoms with van der Waals surface area (Å²) in [4.78, 5) is 2.34. The van der Waals surface area contributed by atoms with Crippen molar-refractivity contribution in [2.24, 2.45) is 0 Å². The van der Waals surface area contributed by atoms with Crippen LogP contribution in [-0.4, -0.2) is 6.04 Å². The fourth-order valence-corrected chi connectivity index (χ4v) is 1.80. The first-order chi connectivity index (χ1) is 8.29. The first kappa shape index (κ1) is 15.8. The first-order valence-corrected chi connectivity index (χ1v) is 6.79. The summed E-state index contributed by atoms with van der Waals surface area (Å²) in [6, 6.07) is 9.14. The molecule has 0 saturated heterocycles. The summed E-state index contributed by atoms with van der Waals surface area (Å²) >= 11 is 0. The number of hydrogen-bond donors (Lipinski definition) is 0. The summed E-state index contributed by atoms with van der Waals surface area (Å²) in [5.41, 5.74) is 2.68. The highest BCUT2D eigenvalue weighted by Crippen LogP contribution is 2.26. The monoisotopic (exact) mass is 233 g/mol. The maximum atomic E-state index is 2.34. The van der Waals surface area contributed by atoms with Gasteiger partial charge >= 0.3 is 0 Å². The summed E-state index contributed by atoms with van der Waals surface area (Å²) in [5, 5.41) is 0. The SMILES string of the molecule is CC.CC.Cc1ccccc1N1C=CC[C@@H]1C. The van der Waals surface area contributed by atoms with E-state index in [1.807, 2.05) is 27.7 Å². The smallest absolute Gasteiger partial charge is 0.0438 e. The molecule has 0 N–H and O–H groups in total. The maximum absolute atomic E-state index is 2.34. The largest absolute Gasteiger partial charge is 0.345 e. The lowest BCUT2D eigenvalue weighted by Crippen LogP contribution is -2.23. The number of aryl methyl sites for hydroxylation is 1. The minimum atomic E-state index is 0.612. The van der Waals surface area contributed by atoms with Crippen molar-refractivity contribution in [3.8, 4) is 0 Å². The van der Waals surface area contributed by atoms with Crippen LogP contribution in [-0.2, 0) is 0 Å². The number of para-hydroxylation sites is 1. The van der Waals surface area contributed by atoms with Crippen LogP contribution in [0.4, 0.5) is 5.69 Å². The summed E-state index contributed by atoms with van der Waals surface area (Å²) in [5.74, 6) is 0. The number of anilines is 1. The van der Waals surface area contributed by atoms with E-state index in [1.54, 1.807) is 0 Å². The number of benzene rings is 1. The van der Waals surface area contributed by atoms with Crippen LogP contribution in [0.1, 0.15) is 46.6 Å². The second-order valence-electron chi connectivity index (χ2n) is 3.66. The number of nitrogens with zero attached hydrogens (tertiary/aromatic N) is 1. The molecule has 0 spiro atoms. The van der Waals surface area contributed by atoms with E-state index in [4.69, 9.17) is 0 Å². The summed E-state index contributed by atoms with van der Waals surface area (Å²) < 4.78 is 0. The molecule has 1 aliphatic rings. The Morgan fingerprint density at radius 3 is 2.12 bits per heavy atom. The van der Waals surface area contributed by atoms with Gasteiger partial charge in [-0.15, -0.1) is 0 Å². The van der Waals surface area contributed by atoms with Gasteiger partial charge in [0.15, 0.2) is 0 Å². The molecule has 0 aliphatic carbocycles. The Kier molecular flexibility index (Phi) is 8.21. The second-order valence-corrected chi connectivity index (χ2v) is 3.66. The van der Waals surface area contributed by atoms with Gasteiger partial charge in [0.2, 0.25) is 0 Å². The molecule has 1 aliphatic heterocycles. The molecule has 0 aromatic heterocycles. The molecule has 0 radical (unpaired) electrons. The third-order valence-corrected chi connectivity index (χ3v) is 2.61. The molecule has 96 valence electrons. The van der Waals surface area contributed by atoms with Crippen molar-refractivity contribution in [1.29, 1.82) is 0 Å². The lowest BCUT2D eigenvalue weighted by Gasteiger charge is -2.24. The van der Waals surface area contributed by atoms with Crippen LogP contribution in [0.5, 0.6) is 0 Å². The second kappa shape index (κ2) is 8.86. The molecule has 1 nitrogen and oxygen atoms in total. The van der Waals surface area contributed by atoms with Crippen molar-refractivity contribution in [3.05, 3.63) is 42.1 Å². The molecule has 1 heteroatoms. The van der Waals surface area contributed by atoms with Crippen molar-refractivity contribution in [3.63, 3.8) is 0 Å². The van der Waals surface area contributed by atoms with Crippen molar-refractivity contribution in [2.45, 2.75) is 54.0 Å². The summed E-state index contributed by atoms with van der Waals surface area (Å²) in [7, 11) is 0. The van der Waals surface area contributed by atoms with E-state index in [2.05, 4.69) is 55.3 Å². The standard InChI is InChI=1S/C12H15N.2C2H6/c1-10-6-3-4-8-12(10)13-9-5-7-11(13)2;2*1-2/h3-6,8-9,11H,7H2,1-2H3;2*1-2H3/t11-;;/m0../s1. The highest BCUT2D eigenvalue weighted by Gasteiger charge is 2.16. The minimum Gasteiger partial charge on any atom is -0.345 e. The molecule has 1 aromatic rings. The van der Waals surface area contributed by atoms with E-state index in [9.17, 15) is 0 Å². The van der Waals surface area contributed by atoms with Crippen LogP contribution in [0.25, 0.3) is 0 Å². The zero-order valence-corrected chi connectivity index (χ0v) is 12.2. The van der Waals surface area contributed by atoms with Gasteiger partial charge in [-0.2, -0.15) is 0 Å². The Morgan fingerprint density at radius 1 is 1.06 bits per heavy atom. The van der Waals surface area contributed by atoms with Crippen LogP contribution in [0, 0.1) is 6.92 Å². The normalized spacial score (nSPS) is 16.8. The zero-order chi connectivity index (χ0) is 13.3. The predicted octanol–water partition coefficient (Wildman–Crippen LogP) is 5.16. The van der Waals surface area contributed by atoms with Crippen LogP contribution in [0.15, 0.2) is 36.5 Å². The fraction of sp³-hybridized carbons (Fsp3) is 0.500. The predicted molar refractivity (Wildman–Crippen MR) is 79.6 cm³/mol. The lowest BCUT2D eigenvalue weighted by molar-refractivity contribution is 0.758. The van der Waals surface area contributed by atoms with E-state index in [-0.39, 0.29) is 0 Å². The Labute approximate surface area is 107 Å². The zero-order valence-electron chi connectivity index (χ0n) is 12.2. The number of hydrogen-bond acceptors (Lipinski definition) is 1. The molecule has 0 unspecified atom stereocenters. The topological polar surface area (TPSA) is 3.24 Å². The van der Waals surface area contributed by atoms with Crippen molar-refractivity contribution in [2.75, 3.05) is 4.90 Å². The molecule has 0 amide bonds. The molecular weight excluding hydrogens is 206 g/mol. The summed E-state index contributed by atoms with van der Waals surface area (Å²) in [6.07, 6.45) is 5.58. The van der Waals surface area contributed by atoms with E-state index < -0.39 is 0 Å². The molecule has 2 rings (SSSR count). The molecule has 1 aromatic carbocycles. The van der Waals surface area contributed by atoms with Gasteiger partial charge in [0.1, 0.15) is 0 Å². The van der Waals surface area contributed by atoms with E-state index in [0.717, 1.165) is 6.42 Å². The van der Waals surface area contributed by atoms with E-state index >= 15 is 0 Å². The van der Waals surface area contributed by atoms with Crippen molar-refractivity contribution < 1.29 is 0 Å². The number of rotatable bonds is 1. The van der Waals surface area contributed by atoms with Gasteiger partial charge < -0.3 is 4.90 Å². The molecule has 0 fully saturated rings. The Bertz CT molecular complexity index is 328. The van der Waals surface area contributed by atoms with Crippen LogP contribution in [0.3, 0.4) is 0 Å². The van der Waals surface area contributed by atoms with E-state index in [0.29, 0.717) is 6.04 Å². The van der Waals surface area contributed by atoms with Crippen molar-refractivity contribution in [1.82, 2.24) is 0 Å². The molecule has 0 bridgehead atoms. The van der Waals surface area contributed by atoms with Gasteiger partial charge in [-0.25, -0.2) is 0 Å². The highest BCUT2D eigenvalue weighted by molar-refractivity contribution is 5.57. The molecule has 0 saturated carbocycles. The summed E-state index contributed by atoms with van der Waals surface area (Å²) in [6.45, 7) is 12.4. The van der Waals surface area contributed by atoms with Crippen LogP contribution < -0.4 is 4.90 Å². The van der Waals surface area contributed by atoms with Crippen LogP contribution >= 0.6 is 0 Å². The third kappa shape index (κ3) is 4.26. The highest BCUT2D eigenvalue weighted by atomic mass is 15.2. The Balaban J connectivity index is 0.000000581. The fourth-order valence-electron chi connectivity index (χ4n) is 1.80. The average molecular weight is 233 g/mol. The molecule has 1 atom stereocenters. The van der Waals surface area contributed by atoms with Crippen LogP contribution in [0.2, 0.25) is 0 Å². The Hall–Kier alpha value is -1.24. The van der Waals surface area contributed by atoms with Gasteiger partial charge in [0, 0.05) is 17.9 Å². The van der Waals surface area contributed by atoms with Crippen molar-refractivity contribution >= 4 is 5.69 Å². The first-order valence-electron chi connectivity index (χ1n) is 6.79. The quantitative estimate of drug-likeness (QED) is 0.647. The lowest BCUT2D eigenvalue weighted by atomic mass is 10.1. The minimum absolute atomic E-state index is 0.612. The van der Waals surface area contributed by atoms with Gasteiger partial charge in [0.25, 0.3) is 0 Å². The van der Waals surface area contributed by atoms with Gasteiger partial charge in [0.05, 0.1) is 0 Å². The Morgan fingerprint density at radius 2 is 1.65 bits per heavy atom. The average Bonchev–Trinajstić information content (AvgIpc) is 2.81. The molecule has 1 heterocycles. The maximum Gasteiger partial charge on any atom is 0.0438 e. The third-order valence-electron chi connectivity index (χ3n) is 2.61. The molecule has 17 heavy (non-hydrogen) atoms. The van der Waals surface area contributed by atoms with Gasteiger partial charge in [-0.3, -0.25) is 0 Å². The van der Waals surface area contributed by atoms with E-state index in [1.165, 1.54) is 11.3 Å². The van der Waals surface area contributed by atoms with Gasteiger partial charge in [-0.05, 0) is 31.9 Å². The van der Waals surface area contributed by atoms with Gasteiger partial charge in [-0.1, -0.05) is 52.0 Å².